The van der Waals surface area contributed by atoms with E-state index >= 15 is 0 Å². The minimum absolute atomic E-state index is 0.0322. The van der Waals surface area contributed by atoms with Crippen molar-refractivity contribution in [3.8, 4) is 0 Å². The Morgan fingerprint density at radius 2 is 2.00 bits per heavy atom. The van der Waals surface area contributed by atoms with Gasteiger partial charge in [0.2, 0.25) is 5.91 Å². The van der Waals surface area contributed by atoms with Gasteiger partial charge in [0, 0.05) is 6.92 Å². The van der Waals surface area contributed by atoms with Crippen LogP contribution < -0.4 is 5.32 Å². The van der Waals surface area contributed by atoms with Crippen molar-refractivity contribution in [1.29, 1.82) is 0 Å². The van der Waals surface area contributed by atoms with Crippen molar-refractivity contribution >= 4 is 40.5 Å². The average molecular weight is 293 g/mol. The maximum absolute atomic E-state index is 11.6. The van der Waals surface area contributed by atoms with E-state index in [4.69, 9.17) is 4.74 Å². The lowest BCUT2D eigenvalue weighted by Gasteiger charge is -2.16. The normalized spacial score (nSPS) is 11.7. The quantitative estimate of drug-likeness (QED) is 0.675. The molecular weight excluding hydrogens is 274 g/mol. The highest BCUT2D eigenvalue weighted by Crippen LogP contribution is 2.05. The van der Waals surface area contributed by atoms with Gasteiger partial charge in [0.25, 0.3) is 0 Å². The van der Waals surface area contributed by atoms with E-state index in [1.807, 2.05) is 6.26 Å². The second kappa shape index (κ2) is 10.3. The van der Waals surface area contributed by atoms with E-state index in [0.717, 1.165) is 17.5 Å². The number of carbonyl (C=O) groups excluding carboxylic acids is 3. The van der Waals surface area contributed by atoms with E-state index in [0.29, 0.717) is 6.42 Å². The number of hydrogen-bond donors (Lipinski definition) is 1. The summed E-state index contributed by atoms with van der Waals surface area (Å²) in [4.78, 5) is 33.9. The van der Waals surface area contributed by atoms with Crippen molar-refractivity contribution in [2.75, 3.05) is 24.4 Å². The fourth-order valence-electron chi connectivity index (χ4n) is 1.13. The van der Waals surface area contributed by atoms with Crippen molar-refractivity contribution in [2.24, 2.45) is 0 Å². The lowest BCUT2D eigenvalue weighted by atomic mass is 10.2. The molecule has 0 saturated heterocycles. The van der Waals surface area contributed by atoms with Gasteiger partial charge in [0.15, 0.2) is 5.12 Å². The molecule has 0 aromatic heterocycles. The second-order valence-corrected chi connectivity index (χ2v) is 5.57. The molecule has 0 rings (SSSR count). The molecule has 0 radical (unpaired) electrons. The summed E-state index contributed by atoms with van der Waals surface area (Å²) in [6.45, 7) is 3.40. The Labute approximate surface area is 116 Å². The smallest absolute Gasteiger partial charge is 0.328 e. The molecule has 5 nitrogen and oxygen atoms in total. The number of nitrogens with one attached hydrogen (secondary N) is 1. The van der Waals surface area contributed by atoms with Crippen LogP contribution in [0.1, 0.15) is 20.3 Å². The molecular formula is C11H19NO4S2. The summed E-state index contributed by atoms with van der Waals surface area (Å²) in [5.74, 6) is 0.0378. The first-order chi connectivity index (χ1) is 8.51. The summed E-state index contributed by atoms with van der Waals surface area (Å²) in [6.07, 6.45) is 2.45. The summed E-state index contributed by atoms with van der Waals surface area (Å²) >= 11 is 2.51. The predicted octanol–water partition coefficient (Wildman–Crippen LogP) is 1.07. The van der Waals surface area contributed by atoms with E-state index in [9.17, 15) is 14.4 Å². The molecule has 0 aromatic carbocycles. The highest BCUT2D eigenvalue weighted by molar-refractivity contribution is 8.14. The molecule has 1 N–H and O–H groups in total. The van der Waals surface area contributed by atoms with Crippen LogP contribution >= 0.6 is 23.5 Å². The number of hydrogen-bond acceptors (Lipinski definition) is 6. The van der Waals surface area contributed by atoms with E-state index < -0.39 is 12.0 Å². The zero-order chi connectivity index (χ0) is 14.0. The molecule has 0 aromatic rings. The Bertz CT molecular complexity index is 297. The average Bonchev–Trinajstić information content (AvgIpc) is 2.32. The first-order valence-electron chi connectivity index (χ1n) is 5.59. The van der Waals surface area contributed by atoms with E-state index in [-0.39, 0.29) is 23.4 Å². The minimum Gasteiger partial charge on any atom is -0.464 e. The molecule has 0 spiro atoms. The number of thioether (sulfide) groups is 2. The van der Waals surface area contributed by atoms with Crippen LogP contribution in [-0.4, -0.2) is 47.4 Å². The van der Waals surface area contributed by atoms with Gasteiger partial charge in [-0.15, -0.1) is 0 Å². The molecule has 0 saturated carbocycles. The van der Waals surface area contributed by atoms with Crippen LogP contribution in [0.3, 0.4) is 0 Å². The van der Waals surface area contributed by atoms with Gasteiger partial charge >= 0.3 is 5.97 Å². The SMILES string of the molecule is CCOC(=O)[C@H](CCSC)NC(=O)CSC(C)=O. The molecule has 0 aliphatic heterocycles. The molecule has 0 bridgehead atoms. The topological polar surface area (TPSA) is 72.5 Å². The first kappa shape index (κ1) is 17.3. The summed E-state index contributed by atoms with van der Waals surface area (Å²) in [6, 6.07) is -0.627. The van der Waals surface area contributed by atoms with E-state index in [1.54, 1.807) is 18.7 Å². The molecule has 0 aliphatic carbocycles. The molecule has 104 valence electrons. The van der Waals surface area contributed by atoms with Crippen molar-refractivity contribution in [2.45, 2.75) is 26.3 Å². The zero-order valence-corrected chi connectivity index (χ0v) is 12.5. The Morgan fingerprint density at radius 3 is 2.50 bits per heavy atom. The third-order valence-electron chi connectivity index (χ3n) is 1.92. The fraction of sp³-hybridized carbons (Fsp3) is 0.727. The highest BCUT2D eigenvalue weighted by Gasteiger charge is 2.21. The molecule has 18 heavy (non-hydrogen) atoms. The first-order valence-corrected chi connectivity index (χ1v) is 7.97. The van der Waals surface area contributed by atoms with Gasteiger partial charge in [-0.2, -0.15) is 11.8 Å². The van der Waals surface area contributed by atoms with Gasteiger partial charge in [-0.1, -0.05) is 11.8 Å². The maximum Gasteiger partial charge on any atom is 0.328 e. The summed E-state index contributed by atoms with van der Waals surface area (Å²) in [7, 11) is 0. The molecule has 0 heterocycles. The van der Waals surface area contributed by atoms with Crippen LogP contribution in [0.5, 0.6) is 0 Å². The summed E-state index contributed by atoms with van der Waals surface area (Å²) < 4.78 is 4.89. The molecule has 0 aliphatic rings. The van der Waals surface area contributed by atoms with Gasteiger partial charge in [-0.3, -0.25) is 9.59 Å². The monoisotopic (exact) mass is 293 g/mol. The Hall–Kier alpha value is -0.690. The predicted molar refractivity (Wildman–Crippen MR) is 74.7 cm³/mol. The van der Waals surface area contributed by atoms with Crippen LogP contribution in [0.2, 0.25) is 0 Å². The van der Waals surface area contributed by atoms with Gasteiger partial charge < -0.3 is 10.1 Å². The van der Waals surface area contributed by atoms with Crippen molar-refractivity contribution in [1.82, 2.24) is 5.32 Å². The minimum atomic E-state index is -0.627. The van der Waals surface area contributed by atoms with Crippen LogP contribution in [0.4, 0.5) is 0 Å². The van der Waals surface area contributed by atoms with Gasteiger partial charge in [-0.05, 0) is 25.4 Å². The Kier molecular flexibility index (Phi) is 9.86. The van der Waals surface area contributed by atoms with Crippen molar-refractivity contribution < 1.29 is 19.1 Å². The largest absolute Gasteiger partial charge is 0.464 e. The lowest BCUT2D eigenvalue weighted by Crippen LogP contribution is -2.43. The van der Waals surface area contributed by atoms with Crippen molar-refractivity contribution in [3.63, 3.8) is 0 Å². The standard InChI is InChI=1S/C11H19NO4S2/c1-4-16-11(15)9(5-6-17-3)12-10(14)7-18-8(2)13/h9H,4-7H2,1-3H3,(H,12,14)/t9-/m0/s1. The summed E-state index contributed by atoms with van der Waals surface area (Å²) in [5.41, 5.74) is 0. The molecule has 1 atom stereocenters. The van der Waals surface area contributed by atoms with E-state index in [1.165, 1.54) is 6.92 Å². The van der Waals surface area contributed by atoms with Gasteiger partial charge in [-0.25, -0.2) is 4.79 Å². The molecule has 0 fully saturated rings. The van der Waals surface area contributed by atoms with Crippen LogP contribution in [0.15, 0.2) is 0 Å². The van der Waals surface area contributed by atoms with Gasteiger partial charge in [0.1, 0.15) is 6.04 Å². The van der Waals surface area contributed by atoms with E-state index in [2.05, 4.69) is 5.32 Å². The third-order valence-corrected chi connectivity index (χ3v) is 3.38. The number of amides is 1. The highest BCUT2D eigenvalue weighted by atomic mass is 32.2. The number of carbonyl (C=O) groups is 3. The Balaban J connectivity index is 4.25. The lowest BCUT2D eigenvalue weighted by molar-refractivity contribution is -0.147. The number of esters is 1. The number of ether oxygens (including phenoxy) is 1. The third kappa shape index (κ3) is 8.41. The zero-order valence-electron chi connectivity index (χ0n) is 10.9. The fourth-order valence-corrected chi connectivity index (χ4v) is 2.02. The van der Waals surface area contributed by atoms with Crippen LogP contribution in [0.25, 0.3) is 0 Å². The Morgan fingerprint density at radius 1 is 1.33 bits per heavy atom. The molecule has 1 amide bonds. The second-order valence-electron chi connectivity index (χ2n) is 3.43. The molecule has 7 heteroatoms. The van der Waals surface area contributed by atoms with Crippen LogP contribution in [-0.2, 0) is 19.1 Å². The van der Waals surface area contributed by atoms with Crippen molar-refractivity contribution in [3.05, 3.63) is 0 Å². The summed E-state index contributed by atoms with van der Waals surface area (Å²) in [5, 5.41) is 2.47. The van der Waals surface area contributed by atoms with Gasteiger partial charge in [0.05, 0.1) is 12.4 Å². The van der Waals surface area contributed by atoms with Crippen LogP contribution in [0, 0.1) is 0 Å². The molecule has 0 unspecified atom stereocenters. The number of rotatable bonds is 8. The maximum atomic E-state index is 11.6.